The van der Waals surface area contributed by atoms with Crippen LogP contribution in [-0.2, 0) is 0 Å². The molecule has 2 aromatic heterocycles. The number of aromatic nitrogens is 2. The lowest BCUT2D eigenvalue weighted by atomic mass is 9.84. The number of fused-ring (bicyclic) bond motifs is 3. The number of halogens is 1. The molecule has 1 atom stereocenters. The summed E-state index contributed by atoms with van der Waals surface area (Å²) >= 11 is 8.33. The minimum atomic E-state index is 0.00385. The smallest absolute Gasteiger partial charge is 0.313 e. The van der Waals surface area contributed by atoms with E-state index in [1.54, 1.807) is 0 Å². The van der Waals surface area contributed by atoms with Gasteiger partial charge in [-0.15, -0.1) is 11.3 Å². The minimum Gasteiger partial charge on any atom is -0.402 e. The van der Waals surface area contributed by atoms with Crippen molar-refractivity contribution in [1.29, 1.82) is 0 Å². The molecule has 3 aliphatic heterocycles. The lowest BCUT2D eigenvalue weighted by Gasteiger charge is -2.44. The topological polar surface area (TPSA) is 71.3 Å². The first-order valence-electron chi connectivity index (χ1n) is 7.47. The highest BCUT2D eigenvalue weighted by Crippen LogP contribution is 2.33. The summed E-state index contributed by atoms with van der Waals surface area (Å²) in [5.74, 6) is 0.627. The first kappa shape index (κ1) is 15.4. The van der Waals surface area contributed by atoms with Crippen molar-refractivity contribution in [2.75, 3.05) is 19.6 Å². The monoisotopic (exact) mass is 370 g/mol. The highest BCUT2D eigenvalue weighted by Gasteiger charge is 2.35. The van der Waals surface area contributed by atoms with Crippen LogP contribution >= 0.6 is 34.7 Å². The van der Waals surface area contributed by atoms with Gasteiger partial charge in [-0.2, -0.15) is 0 Å². The zero-order valence-corrected chi connectivity index (χ0v) is 14.6. The number of piperidine rings is 3. The fourth-order valence-electron chi connectivity index (χ4n) is 3.19. The van der Waals surface area contributed by atoms with Gasteiger partial charge in [-0.05, 0) is 67.3 Å². The first-order valence-corrected chi connectivity index (χ1v) is 9.48. The molecule has 5 heterocycles. The third kappa shape index (κ3) is 3.40. The molecule has 1 N–H and O–H groups in total. The van der Waals surface area contributed by atoms with Crippen molar-refractivity contribution in [3.63, 3.8) is 0 Å². The average Bonchev–Trinajstić information content (AvgIpc) is 3.18. The average molecular weight is 371 g/mol. The zero-order valence-electron chi connectivity index (χ0n) is 12.2. The molecular weight excluding hydrogens is 356 g/mol. The van der Waals surface area contributed by atoms with Crippen LogP contribution in [0.1, 0.15) is 22.5 Å². The van der Waals surface area contributed by atoms with E-state index in [4.69, 9.17) is 16.0 Å². The second kappa shape index (κ2) is 6.43. The molecule has 0 aliphatic carbocycles. The summed E-state index contributed by atoms with van der Waals surface area (Å²) in [6, 6.07) is 4.00. The van der Waals surface area contributed by atoms with Gasteiger partial charge in [0.25, 0.3) is 11.1 Å². The Morgan fingerprint density at radius 1 is 1.39 bits per heavy atom. The minimum absolute atomic E-state index is 0.00385. The predicted molar refractivity (Wildman–Crippen MR) is 88.2 cm³/mol. The quantitative estimate of drug-likeness (QED) is 0.892. The van der Waals surface area contributed by atoms with Gasteiger partial charge in [-0.25, -0.2) is 0 Å². The molecule has 9 heteroatoms. The van der Waals surface area contributed by atoms with Crippen molar-refractivity contribution in [1.82, 2.24) is 20.4 Å². The summed E-state index contributed by atoms with van der Waals surface area (Å²) in [5, 5.41) is 11.0. The van der Waals surface area contributed by atoms with Crippen LogP contribution in [0.15, 0.2) is 26.0 Å². The van der Waals surface area contributed by atoms with Gasteiger partial charge in [-0.3, -0.25) is 4.79 Å². The highest BCUT2D eigenvalue weighted by atomic mass is 35.5. The molecular formula is C14H15ClN4O2S2. The van der Waals surface area contributed by atoms with Crippen LogP contribution in [-0.4, -0.2) is 46.7 Å². The number of thiophene rings is 1. The summed E-state index contributed by atoms with van der Waals surface area (Å²) < 4.78 is 6.04. The maximum atomic E-state index is 12.5. The Morgan fingerprint density at radius 2 is 2.22 bits per heavy atom. The van der Waals surface area contributed by atoms with E-state index in [2.05, 4.69) is 20.4 Å². The Bertz CT molecular complexity index is 711. The van der Waals surface area contributed by atoms with E-state index in [9.17, 15) is 4.79 Å². The largest absolute Gasteiger partial charge is 0.402 e. The summed E-state index contributed by atoms with van der Waals surface area (Å²) in [5.41, 5.74) is 0. The molecule has 0 spiro atoms. The Kier molecular flexibility index (Phi) is 4.31. The summed E-state index contributed by atoms with van der Waals surface area (Å²) in [6.07, 6.45) is 2.38. The van der Waals surface area contributed by atoms with Crippen LogP contribution < -0.4 is 5.32 Å². The Hall–Kier alpha value is -1.09. The van der Waals surface area contributed by atoms with E-state index < -0.39 is 0 Å². The molecule has 0 unspecified atom stereocenters. The number of carbonyl (C=O) groups excluding carboxylic acids is 1. The molecule has 5 rings (SSSR count). The van der Waals surface area contributed by atoms with E-state index in [0.717, 1.165) is 10.8 Å². The summed E-state index contributed by atoms with van der Waals surface area (Å²) in [6.45, 7) is 3.32. The van der Waals surface area contributed by atoms with Crippen molar-refractivity contribution >= 4 is 40.6 Å². The second-order valence-electron chi connectivity index (χ2n) is 5.76. The van der Waals surface area contributed by atoms with Gasteiger partial charge in [-0.1, -0.05) is 10.2 Å². The Labute approximate surface area is 146 Å². The van der Waals surface area contributed by atoms with Crippen molar-refractivity contribution < 1.29 is 9.21 Å². The number of rotatable bonds is 4. The van der Waals surface area contributed by atoms with Crippen LogP contribution in [0.25, 0.3) is 0 Å². The van der Waals surface area contributed by atoms with Gasteiger partial charge in [0.15, 0.2) is 0 Å². The number of carbonyl (C=O) groups is 1. The molecule has 122 valence electrons. The highest BCUT2D eigenvalue weighted by molar-refractivity contribution is 8.01. The van der Waals surface area contributed by atoms with Crippen molar-refractivity contribution in [2.24, 2.45) is 5.92 Å². The standard InChI is InChI=1S/C14H15ClN4O2S2/c15-13-17-18-14(21-13)23-11-2-1-10(22-11)12(20)16-9-7-19-5-3-8(9)4-6-19/h1-2,8-9H,3-7H2,(H,16,20)/t9-/m0/s1. The molecule has 6 nitrogen and oxygen atoms in total. The molecule has 3 saturated heterocycles. The van der Waals surface area contributed by atoms with Crippen molar-refractivity contribution in [3.8, 4) is 0 Å². The van der Waals surface area contributed by atoms with Crippen LogP contribution in [0.2, 0.25) is 5.35 Å². The van der Waals surface area contributed by atoms with E-state index in [0.29, 0.717) is 16.0 Å². The summed E-state index contributed by atoms with van der Waals surface area (Å²) in [4.78, 5) is 15.6. The normalized spacial score (nSPS) is 26.4. The molecule has 0 aromatic carbocycles. The SMILES string of the molecule is O=C(N[C@H]1CN2CCC1CC2)c1ccc(Sc2nnc(Cl)o2)s1. The molecule has 2 aromatic rings. The van der Waals surface area contributed by atoms with E-state index in [1.165, 1.54) is 49.0 Å². The molecule has 23 heavy (non-hydrogen) atoms. The molecule has 0 saturated carbocycles. The number of hydrogen-bond donors (Lipinski definition) is 1. The van der Waals surface area contributed by atoms with Crippen molar-refractivity contribution in [3.05, 3.63) is 22.4 Å². The predicted octanol–water partition coefficient (Wildman–Crippen LogP) is 2.76. The zero-order chi connectivity index (χ0) is 15.8. The molecule has 2 bridgehead atoms. The third-order valence-electron chi connectivity index (χ3n) is 4.35. The van der Waals surface area contributed by atoms with Gasteiger partial charge >= 0.3 is 5.35 Å². The number of amides is 1. The van der Waals surface area contributed by atoms with E-state index in [1.807, 2.05) is 12.1 Å². The van der Waals surface area contributed by atoms with E-state index in [-0.39, 0.29) is 17.3 Å². The number of hydrogen-bond acceptors (Lipinski definition) is 7. The number of nitrogens with one attached hydrogen (secondary N) is 1. The molecule has 0 radical (unpaired) electrons. The molecule has 3 fully saturated rings. The van der Waals surface area contributed by atoms with Crippen molar-refractivity contribution in [2.45, 2.75) is 28.3 Å². The fraction of sp³-hybridized carbons (Fsp3) is 0.500. The number of nitrogens with zero attached hydrogens (tertiary/aromatic N) is 3. The van der Waals surface area contributed by atoms with E-state index >= 15 is 0 Å². The maximum Gasteiger partial charge on any atom is 0.313 e. The van der Waals surface area contributed by atoms with Gasteiger partial charge in [0.05, 0.1) is 9.09 Å². The third-order valence-corrected chi connectivity index (χ3v) is 6.56. The Morgan fingerprint density at radius 3 is 2.87 bits per heavy atom. The summed E-state index contributed by atoms with van der Waals surface area (Å²) in [7, 11) is 0. The van der Waals surface area contributed by atoms with Gasteiger partial charge in [0.1, 0.15) is 0 Å². The second-order valence-corrected chi connectivity index (χ2v) is 8.42. The van der Waals surface area contributed by atoms with Gasteiger partial charge in [0.2, 0.25) is 0 Å². The van der Waals surface area contributed by atoms with Crippen LogP contribution in [0.3, 0.4) is 0 Å². The Balaban J connectivity index is 1.39. The van der Waals surface area contributed by atoms with Crippen LogP contribution in [0, 0.1) is 5.92 Å². The van der Waals surface area contributed by atoms with Crippen LogP contribution in [0.4, 0.5) is 0 Å². The lowest BCUT2D eigenvalue weighted by molar-refractivity contribution is 0.0622. The van der Waals surface area contributed by atoms with Crippen LogP contribution in [0.5, 0.6) is 0 Å². The molecule has 3 aliphatic rings. The van der Waals surface area contributed by atoms with Gasteiger partial charge in [0, 0.05) is 12.6 Å². The molecule has 1 amide bonds. The lowest BCUT2D eigenvalue weighted by Crippen LogP contribution is -2.57. The fourth-order valence-corrected chi connectivity index (χ4v) is 5.14. The van der Waals surface area contributed by atoms with Gasteiger partial charge < -0.3 is 14.6 Å². The first-order chi connectivity index (χ1) is 11.2. The maximum absolute atomic E-state index is 12.5.